The van der Waals surface area contributed by atoms with E-state index in [1.165, 1.54) is 11.6 Å². The first-order valence-electron chi connectivity index (χ1n) is 6.25. The van der Waals surface area contributed by atoms with Crippen molar-refractivity contribution in [3.8, 4) is 0 Å². The summed E-state index contributed by atoms with van der Waals surface area (Å²) >= 11 is 0. The van der Waals surface area contributed by atoms with Gasteiger partial charge in [0.05, 0.1) is 0 Å². The van der Waals surface area contributed by atoms with Gasteiger partial charge in [-0.15, -0.1) is 0 Å². The lowest BCUT2D eigenvalue weighted by Gasteiger charge is -2.09. The largest absolute Gasteiger partial charge is 0.344 e. The second-order valence-corrected chi connectivity index (χ2v) is 5.35. The van der Waals surface area contributed by atoms with Crippen molar-refractivity contribution in [1.29, 1.82) is 0 Å². The molecule has 6 nitrogen and oxygen atoms in total. The third-order valence-electron chi connectivity index (χ3n) is 3.90. The van der Waals surface area contributed by atoms with Gasteiger partial charge in [-0.3, -0.25) is 18.7 Å². The quantitative estimate of drug-likeness (QED) is 0.705. The summed E-state index contributed by atoms with van der Waals surface area (Å²) in [6, 6.07) is 0. The molecule has 2 aromatic rings. The standard InChI is InChI=1S/C13H15N3O3/c1-6-4-7-8(5-6)14-11-9(10(7)17)12(18)16(3)13(19)15(11)2/h6H,4-5H2,1-3H3,(H,14,17). The van der Waals surface area contributed by atoms with Crippen LogP contribution in [0.4, 0.5) is 0 Å². The lowest BCUT2D eigenvalue weighted by atomic mass is 10.1. The number of rotatable bonds is 0. The third-order valence-corrected chi connectivity index (χ3v) is 3.90. The molecule has 3 rings (SSSR count). The Balaban J connectivity index is 2.60. The van der Waals surface area contributed by atoms with Gasteiger partial charge in [-0.25, -0.2) is 4.79 Å². The molecule has 1 unspecified atom stereocenters. The average Bonchev–Trinajstić information content (AvgIpc) is 2.74. The Hall–Kier alpha value is -2.11. The van der Waals surface area contributed by atoms with Crippen molar-refractivity contribution >= 4 is 11.0 Å². The predicted molar refractivity (Wildman–Crippen MR) is 71.6 cm³/mol. The number of aromatic amines is 1. The van der Waals surface area contributed by atoms with Gasteiger partial charge in [-0.2, -0.15) is 0 Å². The van der Waals surface area contributed by atoms with Gasteiger partial charge in [0.15, 0.2) is 5.43 Å². The van der Waals surface area contributed by atoms with Crippen LogP contribution >= 0.6 is 0 Å². The number of nitrogens with zero attached hydrogens (tertiary/aromatic N) is 2. The van der Waals surface area contributed by atoms with Crippen LogP contribution in [0.2, 0.25) is 0 Å². The molecule has 0 aromatic carbocycles. The molecule has 0 saturated heterocycles. The van der Waals surface area contributed by atoms with Gasteiger partial charge in [-0.1, -0.05) is 6.92 Å². The number of aryl methyl sites for hydroxylation is 1. The van der Waals surface area contributed by atoms with E-state index in [1.807, 2.05) is 0 Å². The van der Waals surface area contributed by atoms with Gasteiger partial charge >= 0.3 is 5.69 Å². The number of pyridine rings is 1. The highest BCUT2D eigenvalue weighted by Crippen LogP contribution is 2.23. The van der Waals surface area contributed by atoms with E-state index in [-0.39, 0.29) is 10.8 Å². The van der Waals surface area contributed by atoms with Crippen LogP contribution in [0.15, 0.2) is 14.4 Å². The molecule has 1 N–H and O–H groups in total. The summed E-state index contributed by atoms with van der Waals surface area (Å²) < 4.78 is 2.30. The highest BCUT2D eigenvalue weighted by atomic mass is 16.2. The molecule has 1 aliphatic carbocycles. The van der Waals surface area contributed by atoms with Gasteiger partial charge in [0, 0.05) is 25.4 Å². The van der Waals surface area contributed by atoms with Gasteiger partial charge in [0.1, 0.15) is 11.0 Å². The Morgan fingerprint density at radius 2 is 1.79 bits per heavy atom. The van der Waals surface area contributed by atoms with Gasteiger partial charge < -0.3 is 4.98 Å². The molecular formula is C13H15N3O3. The van der Waals surface area contributed by atoms with Crippen molar-refractivity contribution in [2.24, 2.45) is 20.0 Å². The van der Waals surface area contributed by atoms with Crippen LogP contribution in [0.25, 0.3) is 11.0 Å². The van der Waals surface area contributed by atoms with Crippen LogP contribution in [-0.2, 0) is 26.9 Å². The molecule has 0 bridgehead atoms. The maximum absolute atomic E-state index is 12.5. The monoisotopic (exact) mass is 261 g/mol. The highest BCUT2D eigenvalue weighted by molar-refractivity contribution is 5.75. The number of H-pyrrole nitrogens is 1. The van der Waals surface area contributed by atoms with Crippen molar-refractivity contribution in [1.82, 2.24) is 14.1 Å². The van der Waals surface area contributed by atoms with Gasteiger partial charge in [0.25, 0.3) is 5.56 Å². The number of nitrogens with one attached hydrogen (secondary N) is 1. The second-order valence-electron chi connectivity index (χ2n) is 5.35. The minimum atomic E-state index is -0.526. The second kappa shape index (κ2) is 3.69. The average molecular weight is 261 g/mol. The maximum atomic E-state index is 12.5. The summed E-state index contributed by atoms with van der Waals surface area (Å²) in [4.78, 5) is 39.6. The highest BCUT2D eigenvalue weighted by Gasteiger charge is 2.25. The smallest absolute Gasteiger partial charge is 0.332 e. The molecule has 6 heteroatoms. The molecular weight excluding hydrogens is 246 g/mol. The lowest BCUT2D eigenvalue weighted by molar-refractivity contribution is 0.623. The molecule has 0 spiro atoms. The van der Waals surface area contributed by atoms with Crippen LogP contribution < -0.4 is 16.7 Å². The topological polar surface area (TPSA) is 76.9 Å². The summed E-state index contributed by atoms with van der Waals surface area (Å²) in [7, 11) is 2.95. The fraction of sp³-hybridized carbons (Fsp3) is 0.462. The summed E-state index contributed by atoms with van der Waals surface area (Å²) in [5, 5.41) is 0.0810. The fourth-order valence-electron chi connectivity index (χ4n) is 2.86. The van der Waals surface area contributed by atoms with Crippen molar-refractivity contribution in [2.75, 3.05) is 0 Å². The molecule has 19 heavy (non-hydrogen) atoms. The van der Waals surface area contributed by atoms with Crippen molar-refractivity contribution in [3.63, 3.8) is 0 Å². The Morgan fingerprint density at radius 1 is 1.11 bits per heavy atom. The molecule has 0 aliphatic heterocycles. The van der Waals surface area contributed by atoms with E-state index in [0.29, 0.717) is 23.5 Å². The first-order valence-corrected chi connectivity index (χ1v) is 6.25. The van der Waals surface area contributed by atoms with E-state index in [1.54, 1.807) is 7.05 Å². The number of fused-ring (bicyclic) bond motifs is 2. The molecule has 0 radical (unpaired) electrons. The van der Waals surface area contributed by atoms with E-state index < -0.39 is 11.2 Å². The van der Waals surface area contributed by atoms with E-state index in [0.717, 1.165) is 16.7 Å². The number of hydrogen-bond acceptors (Lipinski definition) is 3. The molecule has 0 fully saturated rings. The van der Waals surface area contributed by atoms with Crippen LogP contribution in [0, 0.1) is 5.92 Å². The van der Waals surface area contributed by atoms with Crippen LogP contribution in [0.1, 0.15) is 18.2 Å². The fourth-order valence-corrected chi connectivity index (χ4v) is 2.86. The van der Waals surface area contributed by atoms with Crippen molar-refractivity contribution in [3.05, 3.63) is 42.3 Å². The normalized spacial score (nSPS) is 17.9. The predicted octanol–water partition coefficient (Wildman–Crippen LogP) is -0.340. The van der Waals surface area contributed by atoms with Crippen molar-refractivity contribution < 1.29 is 0 Å². The minimum Gasteiger partial charge on any atom is -0.344 e. The third kappa shape index (κ3) is 1.46. The molecule has 1 aliphatic rings. The van der Waals surface area contributed by atoms with E-state index in [4.69, 9.17) is 0 Å². The van der Waals surface area contributed by atoms with Gasteiger partial charge in [0.2, 0.25) is 0 Å². The van der Waals surface area contributed by atoms with Crippen LogP contribution in [0.3, 0.4) is 0 Å². The molecule has 1 atom stereocenters. The molecule has 0 amide bonds. The molecule has 2 aromatic heterocycles. The first-order chi connectivity index (χ1) is 8.91. The van der Waals surface area contributed by atoms with Crippen LogP contribution in [0.5, 0.6) is 0 Å². The SMILES string of the molecule is CC1Cc2[nH]c3c(c(=O)c2C1)c(=O)n(C)c(=O)n3C. The summed E-state index contributed by atoms with van der Waals surface area (Å²) in [5.74, 6) is 0.386. The summed E-state index contributed by atoms with van der Waals surface area (Å²) in [6.45, 7) is 2.06. The minimum absolute atomic E-state index is 0.0810. The molecule has 0 saturated carbocycles. The zero-order valence-electron chi connectivity index (χ0n) is 11.1. The molecule has 100 valence electrons. The summed E-state index contributed by atoms with van der Waals surface area (Å²) in [5.41, 5.74) is 0.681. The summed E-state index contributed by atoms with van der Waals surface area (Å²) in [6.07, 6.45) is 1.47. The zero-order valence-corrected chi connectivity index (χ0v) is 11.1. The Labute approximate surface area is 108 Å². The molecule has 2 heterocycles. The van der Waals surface area contributed by atoms with Crippen LogP contribution in [-0.4, -0.2) is 14.1 Å². The first kappa shape index (κ1) is 12.0. The van der Waals surface area contributed by atoms with E-state index in [2.05, 4.69) is 11.9 Å². The number of aromatic nitrogens is 3. The van der Waals surface area contributed by atoms with E-state index in [9.17, 15) is 14.4 Å². The Morgan fingerprint density at radius 3 is 2.47 bits per heavy atom. The van der Waals surface area contributed by atoms with Crippen molar-refractivity contribution in [2.45, 2.75) is 19.8 Å². The zero-order chi connectivity index (χ0) is 13.9. The Bertz CT molecular complexity index is 870. The number of hydrogen-bond donors (Lipinski definition) is 1. The lowest BCUT2D eigenvalue weighted by Crippen LogP contribution is -2.39. The van der Waals surface area contributed by atoms with Gasteiger partial charge in [-0.05, 0) is 18.8 Å². The maximum Gasteiger partial charge on any atom is 0.332 e. The van der Waals surface area contributed by atoms with E-state index >= 15 is 0 Å². The Kier molecular flexibility index (Phi) is 2.32.